The summed E-state index contributed by atoms with van der Waals surface area (Å²) in [6, 6.07) is 20.3. The van der Waals surface area contributed by atoms with Crippen LogP contribution in [0.5, 0.6) is 46.0 Å². The van der Waals surface area contributed by atoms with Gasteiger partial charge >= 0.3 is 0 Å². The van der Waals surface area contributed by atoms with E-state index in [1.165, 1.54) is 17.2 Å². The second-order valence-electron chi connectivity index (χ2n) is 12.4. The standard InChI is InChI=1S/C38H36N2O6/c1-5-35(41)40-15-13-25-20-34(43-4)37-38-36(25)29(40)16-22-6-9-26(10-7-22)44-31-18-23(8-11-30(31)42-3)17-28-27-21-33(46-38)32(45-37)19-24(27)12-14-39(28)2/h5-11,18-21,28-29H,1,12-17H2,2-4H3/t28-,29-/m0/s1. The minimum atomic E-state index is -0.307. The second kappa shape index (κ2) is 11.1. The van der Waals surface area contributed by atoms with Crippen LogP contribution in [-0.2, 0) is 30.5 Å². The molecule has 46 heavy (non-hydrogen) atoms. The highest BCUT2D eigenvalue weighted by Gasteiger charge is 2.39. The van der Waals surface area contributed by atoms with Crippen molar-refractivity contribution < 1.29 is 28.5 Å². The zero-order chi connectivity index (χ0) is 31.5. The van der Waals surface area contributed by atoms with E-state index in [2.05, 4.69) is 42.8 Å². The van der Waals surface area contributed by atoms with Crippen LogP contribution in [0.25, 0.3) is 0 Å². The number of hydrogen-bond donors (Lipinski definition) is 0. The summed E-state index contributed by atoms with van der Waals surface area (Å²) in [5.74, 6) is 5.04. The molecule has 9 rings (SSSR count). The molecule has 0 spiro atoms. The van der Waals surface area contributed by atoms with Gasteiger partial charge in [0.25, 0.3) is 0 Å². The van der Waals surface area contributed by atoms with E-state index >= 15 is 0 Å². The summed E-state index contributed by atoms with van der Waals surface area (Å²) >= 11 is 0. The third-order valence-electron chi connectivity index (χ3n) is 9.83. The molecule has 1 amide bonds. The smallest absolute Gasteiger partial charge is 0.246 e. The van der Waals surface area contributed by atoms with E-state index in [0.717, 1.165) is 41.6 Å². The number of rotatable bonds is 3. The molecule has 0 saturated carbocycles. The van der Waals surface area contributed by atoms with Gasteiger partial charge in [-0.1, -0.05) is 24.8 Å². The number of nitrogens with zero attached hydrogens (tertiary/aromatic N) is 2. The van der Waals surface area contributed by atoms with Gasteiger partial charge in [0, 0.05) is 24.7 Å². The lowest BCUT2D eigenvalue weighted by molar-refractivity contribution is -0.128. The summed E-state index contributed by atoms with van der Waals surface area (Å²) in [7, 11) is 5.49. The normalized spacial score (nSPS) is 19.2. The molecule has 2 atom stereocenters. The fourth-order valence-electron chi connectivity index (χ4n) is 7.42. The van der Waals surface area contributed by atoms with E-state index in [1.54, 1.807) is 14.2 Å². The molecule has 0 aliphatic carbocycles. The lowest BCUT2D eigenvalue weighted by atomic mass is 9.86. The van der Waals surface area contributed by atoms with Gasteiger partial charge in [0.1, 0.15) is 5.75 Å². The van der Waals surface area contributed by atoms with Crippen LogP contribution in [0.3, 0.4) is 0 Å². The van der Waals surface area contributed by atoms with Gasteiger partial charge in [-0.2, -0.15) is 0 Å². The predicted octanol–water partition coefficient (Wildman–Crippen LogP) is 7.33. The van der Waals surface area contributed by atoms with Crippen molar-refractivity contribution in [1.29, 1.82) is 0 Å². The van der Waals surface area contributed by atoms with Crippen LogP contribution < -0.4 is 23.7 Å². The molecule has 0 fully saturated rings. The summed E-state index contributed by atoms with van der Waals surface area (Å²) in [6.07, 6.45) is 4.30. The molecule has 8 heteroatoms. The van der Waals surface area contributed by atoms with Crippen LogP contribution in [0.2, 0.25) is 0 Å². The van der Waals surface area contributed by atoms with Gasteiger partial charge in [0.2, 0.25) is 11.7 Å². The first-order valence-electron chi connectivity index (χ1n) is 15.8. The quantitative estimate of drug-likeness (QED) is 0.197. The molecule has 0 N–H and O–H groups in total. The van der Waals surface area contributed by atoms with Crippen LogP contribution >= 0.6 is 0 Å². The largest absolute Gasteiger partial charge is 0.493 e. The Kier molecular flexibility index (Phi) is 6.91. The Morgan fingerprint density at radius 1 is 0.783 bits per heavy atom. The van der Waals surface area contributed by atoms with Crippen LogP contribution in [0.1, 0.15) is 45.5 Å². The molecule has 234 valence electrons. The minimum Gasteiger partial charge on any atom is -0.493 e. The van der Waals surface area contributed by atoms with Crippen LogP contribution in [0, 0.1) is 0 Å². The van der Waals surface area contributed by atoms with E-state index in [9.17, 15) is 4.79 Å². The Morgan fingerprint density at radius 3 is 2.28 bits per heavy atom. The van der Waals surface area contributed by atoms with Gasteiger partial charge in [-0.15, -0.1) is 0 Å². The number of benzene rings is 4. The monoisotopic (exact) mass is 616 g/mol. The van der Waals surface area contributed by atoms with Crippen molar-refractivity contribution in [3.8, 4) is 46.0 Å². The summed E-state index contributed by atoms with van der Waals surface area (Å²) in [6.45, 7) is 5.28. The van der Waals surface area contributed by atoms with Crippen molar-refractivity contribution in [1.82, 2.24) is 9.80 Å². The SMILES string of the molecule is C=CC(=O)N1CCc2cc(OC)c3c4c2[C@@H]1Cc1ccc(cc1)Oc1cc(ccc1OC)C[C@H]1c2cc(c(cc2CCN1C)O3)O4. The Bertz CT molecular complexity index is 1880. The van der Waals surface area contributed by atoms with Crippen molar-refractivity contribution in [2.75, 3.05) is 34.4 Å². The molecular formula is C38H36N2O6. The first kappa shape index (κ1) is 28.5. The van der Waals surface area contributed by atoms with Crippen LogP contribution in [0.4, 0.5) is 0 Å². The molecule has 7 bridgehead atoms. The number of amides is 1. The number of likely N-dealkylation sites (N-methyl/N-ethyl adjacent to an activating group) is 1. The first-order valence-corrected chi connectivity index (χ1v) is 15.8. The molecule has 4 aromatic carbocycles. The van der Waals surface area contributed by atoms with E-state index in [1.807, 2.05) is 41.3 Å². The highest BCUT2D eigenvalue weighted by atomic mass is 16.6. The number of carbonyl (C=O) groups is 1. The number of hydrogen-bond acceptors (Lipinski definition) is 7. The maximum absolute atomic E-state index is 13.3. The maximum atomic E-state index is 13.3. The zero-order valence-corrected chi connectivity index (χ0v) is 26.3. The molecule has 0 unspecified atom stereocenters. The zero-order valence-electron chi connectivity index (χ0n) is 26.3. The van der Waals surface area contributed by atoms with Crippen molar-refractivity contribution in [3.63, 3.8) is 0 Å². The lowest BCUT2D eigenvalue weighted by Crippen LogP contribution is -2.40. The molecule has 0 radical (unpaired) electrons. The number of fused-ring (bicyclic) bond motifs is 2. The van der Waals surface area contributed by atoms with Crippen molar-refractivity contribution in [2.45, 2.75) is 37.8 Å². The fraction of sp³-hybridized carbons (Fsp3) is 0.289. The fourth-order valence-corrected chi connectivity index (χ4v) is 7.42. The summed E-state index contributed by atoms with van der Waals surface area (Å²) in [5.41, 5.74) is 6.67. The average Bonchev–Trinajstić information content (AvgIpc) is 3.08. The van der Waals surface area contributed by atoms with Crippen LogP contribution in [-0.4, -0.2) is 50.1 Å². The van der Waals surface area contributed by atoms with E-state index in [0.29, 0.717) is 65.4 Å². The predicted molar refractivity (Wildman–Crippen MR) is 174 cm³/mol. The van der Waals surface area contributed by atoms with Gasteiger partial charge < -0.3 is 28.6 Å². The van der Waals surface area contributed by atoms with E-state index < -0.39 is 0 Å². The first-order chi connectivity index (χ1) is 22.4. The van der Waals surface area contributed by atoms with Crippen molar-refractivity contribution in [2.24, 2.45) is 0 Å². The molecule has 8 nitrogen and oxygen atoms in total. The Labute approximate surface area is 268 Å². The molecular weight excluding hydrogens is 580 g/mol. The summed E-state index contributed by atoms with van der Waals surface area (Å²) in [4.78, 5) is 17.6. The van der Waals surface area contributed by atoms with Crippen LogP contribution in [0.15, 0.2) is 73.3 Å². The van der Waals surface area contributed by atoms with Crippen molar-refractivity contribution in [3.05, 3.63) is 107 Å². The topological polar surface area (TPSA) is 69.7 Å². The number of carbonyl (C=O) groups excluding carboxylic acids is 1. The highest BCUT2D eigenvalue weighted by molar-refractivity contribution is 5.88. The maximum Gasteiger partial charge on any atom is 0.246 e. The third kappa shape index (κ3) is 4.67. The minimum absolute atomic E-state index is 0.117. The van der Waals surface area contributed by atoms with E-state index in [4.69, 9.17) is 23.7 Å². The lowest BCUT2D eigenvalue weighted by Gasteiger charge is -2.40. The Morgan fingerprint density at radius 2 is 1.50 bits per heavy atom. The molecule has 4 aromatic rings. The molecule has 0 aromatic heterocycles. The number of methoxy groups -OCH3 is 2. The number of ether oxygens (including phenoxy) is 5. The van der Waals surface area contributed by atoms with Crippen molar-refractivity contribution >= 4 is 5.91 Å². The van der Waals surface area contributed by atoms with E-state index in [-0.39, 0.29) is 18.0 Å². The summed E-state index contributed by atoms with van der Waals surface area (Å²) < 4.78 is 31.5. The highest BCUT2D eigenvalue weighted by Crippen LogP contribution is 2.57. The van der Waals surface area contributed by atoms with Gasteiger partial charge in [0.15, 0.2) is 34.5 Å². The Balaban J connectivity index is 1.34. The second-order valence-corrected chi connectivity index (χ2v) is 12.4. The summed E-state index contributed by atoms with van der Waals surface area (Å²) in [5, 5.41) is 0. The Hall–Kier alpha value is -4.95. The van der Waals surface area contributed by atoms with Gasteiger partial charge in [-0.25, -0.2) is 0 Å². The molecule has 5 aliphatic heterocycles. The third-order valence-corrected chi connectivity index (χ3v) is 9.83. The average molecular weight is 617 g/mol. The van der Waals surface area contributed by atoms with Gasteiger partial charge in [0.05, 0.1) is 20.3 Å². The molecule has 5 aliphatic rings. The van der Waals surface area contributed by atoms with Gasteiger partial charge in [-0.3, -0.25) is 9.69 Å². The molecule has 0 saturated heterocycles. The molecule has 5 heterocycles. The van der Waals surface area contributed by atoms with Gasteiger partial charge in [-0.05, 0) is 109 Å².